The smallest absolute Gasteiger partial charge is 0.0726 e. The number of ether oxygens (including phenoxy) is 1. The van der Waals surface area contributed by atoms with Crippen LogP contribution in [0, 0.1) is 0 Å². The normalized spacial score (nSPS) is 20.2. The van der Waals surface area contributed by atoms with Crippen molar-refractivity contribution in [2.24, 2.45) is 0 Å². The van der Waals surface area contributed by atoms with E-state index in [-0.39, 0.29) is 0 Å². The van der Waals surface area contributed by atoms with Crippen LogP contribution in [-0.4, -0.2) is 36.2 Å². The summed E-state index contributed by atoms with van der Waals surface area (Å²) in [6, 6.07) is 10.00. The van der Waals surface area contributed by atoms with Gasteiger partial charge >= 0.3 is 0 Å². The lowest BCUT2D eigenvalue weighted by molar-refractivity contribution is 0.107. The van der Waals surface area contributed by atoms with E-state index in [4.69, 9.17) is 10.5 Å². The molecule has 1 atom stereocenters. The van der Waals surface area contributed by atoms with Gasteiger partial charge in [-0.2, -0.15) is 0 Å². The molecule has 0 amide bonds. The van der Waals surface area contributed by atoms with E-state index in [1.807, 2.05) is 30.3 Å². The van der Waals surface area contributed by atoms with Crippen LogP contribution in [0.15, 0.2) is 30.3 Å². The summed E-state index contributed by atoms with van der Waals surface area (Å²) in [5.41, 5.74) is 8.92. The van der Waals surface area contributed by atoms with Gasteiger partial charge in [0.1, 0.15) is 0 Å². The molecule has 4 nitrogen and oxygen atoms in total. The zero-order valence-electron chi connectivity index (χ0n) is 11.2. The fourth-order valence-electron chi connectivity index (χ4n) is 2.70. The zero-order chi connectivity index (χ0) is 13.2. The Kier molecular flexibility index (Phi) is 3.36. The van der Waals surface area contributed by atoms with Crippen molar-refractivity contribution in [3.8, 4) is 0 Å². The second-order valence-corrected chi connectivity index (χ2v) is 5.10. The van der Waals surface area contributed by atoms with Gasteiger partial charge in [0.05, 0.1) is 17.3 Å². The molecule has 1 unspecified atom stereocenters. The van der Waals surface area contributed by atoms with Gasteiger partial charge in [-0.05, 0) is 18.6 Å². The summed E-state index contributed by atoms with van der Waals surface area (Å²) in [6.45, 7) is 2.88. The van der Waals surface area contributed by atoms with Crippen molar-refractivity contribution in [2.75, 3.05) is 25.9 Å². The van der Waals surface area contributed by atoms with Crippen LogP contribution in [0.25, 0.3) is 10.9 Å². The molecule has 1 aliphatic heterocycles. The highest BCUT2D eigenvalue weighted by atomic mass is 16.5. The monoisotopic (exact) mass is 257 g/mol. The minimum Gasteiger partial charge on any atom is -0.398 e. The SMILES string of the molecule is COC1CCN(Cc2cc(N)c3ccccc3n2)C1. The Morgan fingerprint density at radius 2 is 2.26 bits per heavy atom. The van der Waals surface area contributed by atoms with Crippen molar-refractivity contribution >= 4 is 16.6 Å². The van der Waals surface area contributed by atoms with Gasteiger partial charge in [-0.3, -0.25) is 9.88 Å². The molecule has 1 aromatic heterocycles. The molecule has 19 heavy (non-hydrogen) atoms. The summed E-state index contributed by atoms with van der Waals surface area (Å²) in [4.78, 5) is 7.05. The van der Waals surface area contributed by atoms with Gasteiger partial charge in [0, 0.05) is 37.8 Å². The molecule has 100 valence electrons. The molecule has 0 spiro atoms. The first kappa shape index (κ1) is 12.4. The average Bonchev–Trinajstić information content (AvgIpc) is 2.86. The molecule has 4 heteroatoms. The molecule has 2 aromatic rings. The van der Waals surface area contributed by atoms with Gasteiger partial charge in [-0.1, -0.05) is 18.2 Å². The van der Waals surface area contributed by atoms with E-state index in [0.29, 0.717) is 6.10 Å². The van der Waals surface area contributed by atoms with Crippen LogP contribution in [0.5, 0.6) is 0 Å². The van der Waals surface area contributed by atoms with Crippen LogP contribution in [0.1, 0.15) is 12.1 Å². The molecule has 0 saturated carbocycles. The fourth-order valence-corrected chi connectivity index (χ4v) is 2.70. The van der Waals surface area contributed by atoms with E-state index in [0.717, 1.165) is 48.3 Å². The zero-order valence-corrected chi connectivity index (χ0v) is 11.2. The highest BCUT2D eigenvalue weighted by Crippen LogP contribution is 2.22. The molecule has 1 saturated heterocycles. The van der Waals surface area contributed by atoms with Crippen molar-refractivity contribution < 1.29 is 4.74 Å². The Morgan fingerprint density at radius 3 is 3.05 bits per heavy atom. The molecule has 0 radical (unpaired) electrons. The summed E-state index contributed by atoms with van der Waals surface area (Å²) < 4.78 is 5.39. The first-order valence-corrected chi connectivity index (χ1v) is 6.65. The van der Waals surface area contributed by atoms with Crippen molar-refractivity contribution in [1.82, 2.24) is 9.88 Å². The van der Waals surface area contributed by atoms with Crippen molar-refractivity contribution in [1.29, 1.82) is 0 Å². The number of rotatable bonds is 3. The number of fused-ring (bicyclic) bond motifs is 1. The maximum absolute atomic E-state index is 6.10. The van der Waals surface area contributed by atoms with Gasteiger partial charge in [0.15, 0.2) is 0 Å². The third kappa shape index (κ3) is 2.55. The Hall–Kier alpha value is -1.65. The van der Waals surface area contributed by atoms with Crippen LogP contribution >= 0.6 is 0 Å². The van der Waals surface area contributed by atoms with Gasteiger partial charge in [-0.15, -0.1) is 0 Å². The molecule has 3 rings (SSSR count). The average molecular weight is 257 g/mol. The highest BCUT2D eigenvalue weighted by molar-refractivity contribution is 5.90. The predicted octanol–water partition coefficient (Wildman–Crippen LogP) is 2.04. The number of methoxy groups -OCH3 is 1. The summed E-state index contributed by atoms with van der Waals surface area (Å²) in [6.07, 6.45) is 1.46. The number of hydrogen-bond acceptors (Lipinski definition) is 4. The minimum absolute atomic E-state index is 0.359. The molecular formula is C15H19N3O. The topological polar surface area (TPSA) is 51.4 Å². The van der Waals surface area contributed by atoms with E-state index >= 15 is 0 Å². The number of benzene rings is 1. The van der Waals surface area contributed by atoms with Crippen LogP contribution < -0.4 is 5.73 Å². The summed E-state index contributed by atoms with van der Waals surface area (Å²) in [7, 11) is 1.78. The lowest BCUT2D eigenvalue weighted by atomic mass is 10.1. The molecule has 0 bridgehead atoms. The molecule has 2 heterocycles. The largest absolute Gasteiger partial charge is 0.398 e. The van der Waals surface area contributed by atoms with Gasteiger partial charge in [-0.25, -0.2) is 0 Å². The van der Waals surface area contributed by atoms with Crippen LogP contribution in [-0.2, 0) is 11.3 Å². The van der Waals surface area contributed by atoms with Crippen LogP contribution in [0.2, 0.25) is 0 Å². The number of likely N-dealkylation sites (tertiary alicyclic amines) is 1. The lowest BCUT2D eigenvalue weighted by Crippen LogP contribution is -2.23. The molecule has 0 aliphatic carbocycles. The Bertz CT molecular complexity index is 585. The number of pyridine rings is 1. The maximum atomic E-state index is 6.10. The number of nitrogens with zero attached hydrogens (tertiary/aromatic N) is 2. The number of anilines is 1. The highest BCUT2D eigenvalue weighted by Gasteiger charge is 2.22. The number of hydrogen-bond donors (Lipinski definition) is 1. The minimum atomic E-state index is 0.359. The van der Waals surface area contributed by atoms with Crippen molar-refractivity contribution in [3.05, 3.63) is 36.0 Å². The second kappa shape index (κ2) is 5.15. The standard InChI is InChI=1S/C15H19N3O/c1-19-12-6-7-18(10-12)9-11-8-14(16)13-4-2-3-5-15(13)17-11/h2-5,8,12H,6-7,9-10H2,1H3,(H2,16,17). The predicted molar refractivity (Wildman–Crippen MR) is 76.8 cm³/mol. The number of para-hydroxylation sites is 1. The summed E-state index contributed by atoms with van der Waals surface area (Å²) >= 11 is 0. The third-order valence-electron chi connectivity index (χ3n) is 3.75. The summed E-state index contributed by atoms with van der Waals surface area (Å²) in [5.74, 6) is 0. The third-order valence-corrected chi connectivity index (χ3v) is 3.75. The number of aromatic nitrogens is 1. The van der Waals surface area contributed by atoms with Gasteiger partial charge < -0.3 is 10.5 Å². The van der Waals surface area contributed by atoms with Crippen LogP contribution in [0.4, 0.5) is 5.69 Å². The van der Waals surface area contributed by atoms with Gasteiger partial charge in [0.25, 0.3) is 0 Å². The van der Waals surface area contributed by atoms with Crippen molar-refractivity contribution in [3.63, 3.8) is 0 Å². The number of nitrogen functional groups attached to an aromatic ring is 1. The Morgan fingerprint density at radius 1 is 1.42 bits per heavy atom. The Balaban J connectivity index is 1.82. The number of nitrogens with two attached hydrogens (primary N) is 1. The first-order chi connectivity index (χ1) is 9.26. The molecule has 1 fully saturated rings. The van der Waals surface area contributed by atoms with Crippen LogP contribution in [0.3, 0.4) is 0 Å². The quantitative estimate of drug-likeness (QED) is 0.914. The lowest BCUT2D eigenvalue weighted by Gasteiger charge is -2.15. The van der Waals surface area contributed by atoms with E-state index in [9.17, 15) is 0 Å². The first-order valence-electron chi connectivity index (χ1n) is 6.65. The van der Waals surface area contributed by atoms with E-state index in [1.165, 1.54) is 0 Å². The van der Waals surface area contributed by atoms with E-state index in [2.05, 4.69) is 9.88 Å². The molecule has 2 N–H and O–H groups in total. The Labute approximate surface area is 113 Å². The van der Waals surface area contributed by atoms with Crippen molar-refractivity contribution in [2.45, 2.75) is 19.1 Å². The van der Waals surface area contributed by atoms with E-state index in [1.54, 1.807) is 7.11 Å². The van der Waals surface area contributed by atoms with E-state index < -0.39 is 0 Å². The molecule has 1 aromatic carbocycles. The second-order valence-electron chi connectivity index (χ2n) is 5.10. The maximum Gasteiger partial charge on any atom is 0.0726 e. The molecule has 1 aliphatic rings. The fraction of sp³-hybridized carbons (Fsp3) is 0.400. The van der Waals surface area contributed by atoms with Gasteiger partial charge in [0.2, 0.25) is 0 Å². The summed E-state index contributed by atoms with van der Waals surface area (Å²) in [5, 5.41) is 1.03. The molecular weight excluding hydrogens is 238 g/mol.